The number of halogens is 4. The zero-order valence-corrected chi connectivity index (χ0v) is 15.7. The summed E-state index contributed by atoms with van der Waals surface area (Å²) in [6.07, 6.45) is 1.25. The molecule has 0 N–H and O–H groups in total. The lowest BCUT2D eigenvalue weighted by atomic mass is 10.1. The molecule has 0 radical (unpaired) electrons. The van der Waals surface area contributed by atoms with Gasteiger partial charge in [0.2, 0.25) is 0 Å². The molecule has 3 rings (SSSR count). The number of hydrogen-bond acceptors (Lipinski definition) is 3. The summed E-state index contributed by atoms with van der Waals surface area (Å²) < 4.78 is 56.0. The summed E-state index contributed by atoms with van der Waals surface area (Å²) in [5.41, 5.74) is -0.356. The highest BCUT2D eigenvalue weighted by Crippen LogP contribution is 2.37. The monoisotopic (exact) mass is 416 g/mol. The summed E-state index contributed by atoms with van der Waals surface area (Å²) in [7, 11) is -2.69. The number of sulfone groups is 1. The van der Waals surface area contributed by atoms with E-state index in [-0.39, 0.29) is 21.4 Å². The van der Waals surface area contributed by atoms with E-state index in [1.165, 1.54) is 42.1 Å². The highest BCUT2D eigenvalue weighted by molar-refractivity contribution is 7.91. The SMILES string of the molecule is Cn1c(Cl)cnc1C(c1cc(F)ccc1F)S(=O)(=O)c1ccc(Cl)cc1. The van der Waals surface area contributed by atoms with Gasteiger partial charge < -0.3 is 4.57 Å². The molecule has 3 aromatic rings. The third-order valence-electron chi connectivity index (χ3n) is 3.89. The Morgan fingerprint density at radius 1 is 1.08 bits per heavy atom. The van der Waals surface area contributed by atoms with Crippen molar-refractivity contribution in [1.82, 2.24) is 9.55 Å². The van der Waals surface area contributed by atoms with Crippen molar-refractivity contribution in [2.75, 3.05) is 0 Å². The fourth-order valence-electron chi connectivity index (χ4n) is 2.57. The Hall–Kier alpha value is -1.96. The number of hydrogen-bond donors (Lipinski definition) is 0. The maximum atomic E-state index is 14.4. The van der Waals surface area contributed by atoms with Crippen molar-refractivity contribution in [3.8, 4) is 0 Å². The topological polar surface area (TPSA) is 52.0 Å². The van der Waals surface area contributed by atoms with Gasteiger partial charge in [0.15, 0.2) is 15.1 Å². The minimum Gasteiger partial charge on any atom is -0.321 e. The zero-order chi connectivity index (χ0) is 19.1. The second kappa shape index (κ2) is 6.98. The van der Waals surface area contributed by atoms with Gasteiger partial charge in [-0.3, -0.25) is 0 Å². The Labute approximate surface area is 158 Å². The first kappa shape index (κ1) is 18.8. The third kappa shape index (κ3) is 3.34. The van der Waals surface area contributed by atoms with E-state index in [1.807, 2.05) is 0 Å². The van der Waals surface area contributed by atoms with Crippen molar-refractivity contribution in [2.45, 2.75) is 10.1 Å². The molecule has 26 heavy (non-hydrogen) atoms. The van der Waals surface area contributed by atoms with E-state index in [9.17, 15) is 17.2 Å². The molecule has 136 valence electrons. The molecule has 1 atom stereocenters. The maximum Gasteiger partial charge on any atom is 0.192 e. The Bertz CT molecular complexity index is 1070. The molecule has 0 saturated heterocycles. The van der Waals surface area contributed by atoms with Crippen LogP contribution in [0.5, 0.6) is 0 Å². The highest BCUT2D eigenvalue weighted by atomic mass is 35.5. The molecule has 0 aliphatic carbocycles. The second-order valence-corrected chi connectivity index (χ2v) is 8.40. The van der Waals surface area contributed by atoms with Gasteiger partial charge in [-0.2, -0.15) is 0 Å². The van der Waals surface area contributed by atoms with Crippen LogP contribution < -0.4 is 0 Å². The van der Waals surface area contributed by atoms with Crippen LogP contribution in [-0.2, 0) is 16.9 Å². The third-order valence-corrected chi connectivity index (χ3v) is 6.51. The molecule has 0 spiro atoms. The van der Waals surface area contributed by atoms with Gasteiger partial charge in [-0.15, -0.1) is 0 Å². The largest absolute Gasteiger partial charge is 0.321 e. The van der Waals surface area contributed by atoms with Crippen molar-refractivity contribution in [1.29, 1.82) is 0 Å². The Morgan fingerprint density at radius 3 is 2.31 bits per heavy atom. The average molecular weight is 417 g/mol. The van der Waals surface area contributed by atoms with Crippen molar-refractivity contribution in [3.05, 3.63) is 81.9 Å². The summed E-state index contributed by atoms with van der Waals surface area (Å²) in [5.74, 6) is -1.67. The molecule has 0 fully saturated rings. The number of aromatic nitrogens is 2. The van der Waals surface area contributed by atoms with Crippen LogP contribution in [-0.4, -0.2) is 18.0 Å². The van der Waals surface area contributed by atoms with Crippen molar-refractivity contribution >= 4 is 33.0 Å². The smallest absolute Gasteiger partial charge is 0.192 e. The molecule has 1 unspecified atom stereocenters. The standard InChI is InChI=1S/C17H12Cl2F2N2O2S/c1-23-15(19)9-22-17(23)16(13-8-11(20)4-7-14(13)21)26(24,25)12-5-2-10(18)3-6-12/h2-9,16H,1H3. The van der Waals surface area contributed by atoms with Crippen LogP contribution in [0.2, 0.25) is 10.2 Å². The first-order valence-corrected chi connectivity index (χ1v) is 9.63. The van der Waals surface area contributed by atoms with E-state index >= 15 is 0 Å². The number of benzene rings is 2. The molecule has 2 aromatic carbocycles. The predicted molar refractivity (Wildman–Crippen MR) is 95.1 cm³/mol. The Kier molecular flexibility index (Phi) is 5.05. The van der Waals surface area contributed by atoms with Crippen LogP contribution >= 0.6 is 23.2 Å². The number of rotatable bonds is 4. The quantitative estimate of drug-likeness (QED) is 0.625. The van der Waals surface area contributed by atoms with Crippen molar-refractivity contribution < 1.29 is 17.2 Å². The summed E-state index contributed by atoms with van der Waals surface area (Å²) >= 11 is 11.8. The van der Waals surface area contributed by atoms with Crippen LogP contribution in [0.3, 0.4) is 0 Å². The lowest BCUT2D eigenvalue weighted by Crippen LogP contribution is -2.20. The molecular weight excluding hydrogens is 405 g/mol. The molecule has 9 heteroatoms. The van der Waals surface area contributed by atoms with Crippen LogP contribution in [0, 0.1) is 11.6 Å². The molecule has 0 saturated carbocycles. The lowest BCUT2D eigenvalue weighted by molar-refractivity contribution is 0.563. The van der Waals surface area contributed by atoms with E-state index in [0.717, 1.165) is 18.2 Å². The predicted octanol–water partition coefficient (Wildman–Crippen LogP) is 4.57. The summed E-state index contributed by atoms with van der Waals surface area (Å²) in [5, 5.41) is -1.08. The van der Waals surface area contributed by atoms with E-state index < -0.39 is 26.7 Å². The van der Waals surface area contributed by atoms with Crippen LogP contribution in [0.1, 0.15) is 16.6 Å². The minimum absolute atomic E-state index is 0.0329. The van der Waals surface area contributed by atoms with E-state index in [1.54, 1.807) is 0 Å². The number of nitrogens with zero attached hydrogens (tertiary/aromatic N) is 2. The van der Waals surface area contributed by atoms with Gasteiger partial charge in [0.05, 0.1) is 11.1 Å². The first-order valence-electron chi connectivity index (χ1n) is 7.33. The Balaban J connectivity index is 2.29. The molecule has 0 amide bonds. The van der Waals surface area contributed by atoms with Gasteiger partial charge in [-0.05, 0) is 42.5 Å². The number of imidazole rings is 1. The normalized spacial score (nSPS) is 13.0. The van der Waals surface area contributed by atoms with Crippen molar-refractivity contribution in [2.24, 2.45) is 7.05 Å². The van der Waals surface area contributed by atoms with Gasteiger partial charge in [0, 0.05) is 17.6 Å². The molecule has 0 aliphatic heterocycles. The summed E-state index contributed by atoms with van der Waals surface area (Å²) in [6, 6.07) is 8.03. The van der Waals surface area contributed by atoms with Gasteiger partial charge in [0.1, 0.15) is 22.6 Å². The fourth-order valence-corrected chi connectivity index (χ4v) is 4.63. The molecule has 0 aliphatic rings. The molecule has 1 heterocycles. The van der Waals surface area contributed by atoms with E-state index in [2.05, 4.69) is 4.98 Å². The minimum atomic E-state index is -4.18. The zero-order valence-electron chi connectivity index (χ0n) is 13.3. The van der Waals surface area contributed by atoms with Gasteiger partial charge in [0.25, 0.3) is 0 Å². The van der Waals surface area contributed by atoms with Crippen LogP contribution in [0.4, 0.5) is 8.78 Å². The second-order valence-electron chi connectivity index (χ2n) is 5.54. The molecule has 1 aromatic heterocycles. The molecular formula is C17H12Cl2F2N2O2S. The summed E-state index contributed by atoms with van der Waals surface area (Å²) in [6.45, 7) is 0. The summed E-state index contributed by atoms with van der Waals surface area (Å²) in [4.78, 5) is 3.91. The first-order chi connectivity index (χ1) is 12.2. The van der Waals surface area contributed by atoms with Gasteiger partial charge in [-0.25, -0.2) is 22.2 Å². The fraction of sp³-hybridized carbons (Fsp3) is 0.118. The van der Waals surface area contributed by atoms with E-state index in [0.29, 0.717) is 5.02 Å². The average Bonchev–Trinajstić information content (AvgIpc) is 2.91. The lowest BCUT2D eigenvalue weighted by Gasteiger charge is -2.19. The van der Waals surface area contributed by atoms with Gasteiger partial charge >= 0.3 is 0 Å². The maximum absolute atomic E-state index is 14.4. The van der Waals surface area contributed by atoms with Crippen molar-refractivity contribution in [3.63, 3.8) is 0 Å². The Morgan fingerprint density at radius 2 is 1.73 bits per heavy atom. The van der Waals surface area contributed by atoms with E-state index in [4.69, 9.17) is 23.2 Å². The van der Waals surface area contributed by atoms with Gasteiger partial charge in [-0.1, -0.05) is 23.2 Å². The highest BCUT2D eigenvalue weighted by Gasteiger charge is 2.36. The van der Waals surface area contributed by atoms with Crippen LogP contribution in [0.25, 0.3) is 0 Å². The molecule has 0 bridgehead atoms. The molecule has 4 nitrogen and oxygen atoms in total. The van der Waals surface area contributed by atoms with Crippen LogP contribution in [0.15, 0.2) is 53.6 Å².